The average molecular weight is 409 g/mol. The van der Waals surface area contributed by atoms with E-state index in [4.69, 9.17) is 4.98 Å². The minimum absolute atomic E-state index is 0.585. The van der Waals surface area contributed by atoms with E-state index in [0.29, 0.717) is 11.5 Å². The Labute approximate surface area is 156 Å². The Morgan fingerprint density at radius 2 is 1.85 bits per heavy atom. The van der Waals surface area contributed by atoms with Crippen LogP contribution in [0.15, 0.2) is 47.3 Å². The number of rotatable bonds is 2. The van der Waals surface area contributed by atoms with Gasteiger partial charge >= 0.3 is 0 Å². The van der Waals surface area contributed by atoms with Gasteiger partial charge in [0, 0.05) is 7.05 Å². The van der Waals surface area contributed by atoms with E-state index in [0.717, 1.165) is 32.6 Å². The Morgan fingerprint density at radius 1 is 1.04 bits per heavy atom. The Bertz CT molecular complexity index is 1260. The topological polar surface area (TPSA) is 78.7 Å². The van der Waals surface area contributed by atoms with Gasteiger partial charge in [0.1, 0.15) is 12.0 Å². The number of aromatic nitrogens is 8. The lowest BCUT2D eigenvalue weighted by molar-refractivity contribution is 0.758. The van der Waals surface area contributed by atoms with Crippen molar-refractivity contribution in [2.24, 2.45) is 7.05 Å². The maximum absolute atomic E-state index is 4.72. The second kappa shape index (κ2) is 5.46. The summed E-state index contributed by atoms with van der Waals surface area (Å²) in [5.41, 5.74) is 4.11. The SMILES string of the molecule is Cc1nn(C)c(-c2nc3c4cnn(-c5ccccc5)c4ncn3n2)c1Br. The largest absolute Gasteiger partial charge is 0.263 e. The van der Waals surface area contributed by atoms with Gasteiger partial charge in [0.15, 0.2) is 11.3 Å². The van der Waals surface area contributed by atoms with E-state index in [2.05, 4.69) is 36.2 Å². The first-order chi connectivity index (χ1) is 12.6. The summed E-state index contributed by atoms with van der Waals surface area (Å²) in [4.78, 5) is 9.25. The van der Waals surface area contributed by atoms with Crippen molar-refractivity contribution in [2.45, 2.75) is 6.92 Å². The number of aryl methyl sites for hydroxylation is 2. The zero-order chi connectivity index (χ0) is 17.8. The van der Waals surface area contributed by atoms with Crippen molar-refractivity contribution >= 4 is 32.6 Å². The van der Waals surface area contributed by atoms with E-state index >= 15 is 0 Å². The fraction of sp³-hybridized carbons (Fsp3) is 0.118. The zero-order valence-corrected chi connectivity index (χ0v) is 15.6. The van der Waals surface area contributed by atoms with E-state index < -0.39 is 0 Å². The van der Waals surface area contributed by atoms with Crippen LogP contribution < -0.4 is 0 Å². The molecule has 128 valence electrons. The Morgan fingerprint density at radius 3 is 2.58 bits per heavy atom. The minimum atomic E-state index is 0.585. The van der Waals surface area contributed by atoms with Crippen LogP contribution in [0.5, 0.6) is 0 Å². The molecule has 0 aliphatic carbocycles. The Balaban J connectivity index is 1.75. The van der Waals surface area contributed by atoms with Crippen LogP contribution in [0, 0.1) is 6.92 Å². The van der Waals surface area contributed by atoms with E-state index in [9.17, 15) is 0 Å². The Kier molecular flexibility index (Phi) is 3.20. The molecule has 5 rings (SSSR count). The molecule has 0 atom stereocenters. The second-order valence-corrected chi connectivity index (χ2v) is 6.74. The van der Waals surface area contributed by atoms with Crippen LogP contribution in [0.4, 0.5) is 0 Å². The molecule has 0 saturated heterocycles. The predicted molar refractivity (Wildman–Crippen MR) is 100 cm³/mol. The van der Waals surface area contributed by atoms with Crippen molar-refractivity contribution in [1.29, 1.82) is 0 Å². The average Bonchev–Trinajstić information content (AvgIpc) is 3.31. The standard InChI is InChI=1S/C17H13BrN8/c1-10-13(18)14(24(2)22-10)15-21-17-12-8-20-26(11-6-4-3-5-7-11)16(12)19-9-25(17)23-15/h3-9H,1-2H3. The quantitative estimate of drug-likeness (QED) is 0.448. The van der Waals surface area contributed by atoms with Gasteiger partial charge in [-0.15, -0.1) is 5.10 Å². The highest BCUT2D eigenvalue weighted by Crippen LogP contribution is 2.29. The van der Waals surface area contributed by atoms with Gasteiger partial charge in [-0.25, -0.2) is 19.2 Å². The van der Waals surface area contributed by atoms with Crippen LogP contribution in [0.3, 0.4) is 0 Å². The van der Waals surface area contributed by atoms with Crippen LogP contribution in [0.1, 0.15) is 5.69 Å². The highest BCUT2D eigenvalue weighted by Gasteiger charge is 2.19. The molecule has 0 amide bonds. The molecule has 0 bridgehead atoms. The van der Waals surface area contributed by atoms with E-state index in [-0.39, 0.29) is 0 Å². The van der Waals surface area contributed by atoms with Gasteiger partial charge in [-0.2, -0.15) is 10.2 Å². The zero-order valence-electron chi connectivity index (χ0n) is 14.0. The summed E-state index contributed by atoms with van der Waals surface area (Å²) in [6.45, 7) is 1.94. The smallest absolute Gasteiger partial charge is 0.201 e. The second-order valence-electron chi connectivity index (χ2n) is 5.95. The van der Waals surface area contributed by atoms with Crippen molar-refractivity contribution in [2.75, 3.05) is 0 Å². The number of hydrogen-bond acceptors (Lipinski definition) is 5. The van der Waals surface area contributed by atoms with Gasteiger partial charge in [-0.1, -0.05) is 18.2 Å². The molecule has 0 radical (unpaired) electrons. The summed E-state index contributed by atoms with van der Waals surface area (Å²) in [7, 11) is 1.88. The third-order valence-electron chi connectivity index (χ3n) is 4.27. The molecule has 1 aromatic carbocycles. The van der Waals surface area contributed by atoms with Crippen molar-refractivity contribution in [1.82, 2.24) is 39.1 Å². The van der Waals surface area contributed by atoms with Crippen LogP contribution in [0.2, 0.25) is 0 Å². The fourth-order valence-electron chi connectivity index (χ4n) is 3.05. The number of hydrogen-bond donors (Lipinski definition) is 0. The summed E-state index contributed by atoms with van der Waals surface area (Å²) < 4.78 is 6.13. The maximum Gasteiger partial charge on any atom is 0.201 e. The lowest BCUT2D eigenvalue weighted by atomic mass is 10.3. The molecule has 0 N–H and O–H groups in total. The van der Waals surface area contributed by atoms with Crippen LogP contribution in [-0.4, -0.2) is 39.1 Å². The molecule has 0 saturated carbocycles. The lowest BCUT2D eigenvalue weighted by Gasteiger charge is -2.01. The van der Waals surface area contributed by atoms with Crippen molar-refractivity contribution in [3.8, 4) is 17.2 Å². The molecule has 0 spiro atoms. The number of para-hydroxylation sites is 1. The molecule has 0 fully saturated rings. The van der Waals surface area contributed by atoms with Crippen molar-refractivity contribution in [3.63, 3.8) is 0 Å². The number of benzene rings is 1. The first-order valence-corrected chi connectivity index (χ1v) is 8.77. The molecule has 26 heavy (non-hydrogen) atoms. The minimum Gasteiger partial charge on any atom is -0.263 e. The third kappa shape index (κ3) is 2.10. The molecular formula is C17H13BrN8. The predicted octanol–water partition coefficient (Wildman–Crippen LogP) is 2.93. The molecule has 5 aromatic rings. The van der Waals surface area contributed by atoms with Gasteiger partial charge < -0.3 is 0 Å². The summed E-state index contributed by atoms with van der Waals surface area (Å²) in [6, 6.07) is 9.89. The van der Waals surface area contributed by atoms with Gasteiger partial charge in [0.25, 0.3) is 0 Å². The molecule has 4 heterocycles. The highest BCUT2D eigenvalue weighted by molar-refractivity contribution is 9.10. The molecular weight excluding hydrogens is 396 g/mol. The molecule has 9 heteroatoms. The molecule has 0 unspecified atom stereocenters. The first kappa shape index (κ1) is 15.2. The van der Waals surface area contributed by atoms with Gasteiger partial charge in [-0.3, -0.25) is 4.68 Å². The van der Waals surface area contributed by atoms with Crippen molar-refractivity contribution < 1.29 is 0 Å². The monoisotopic (exact) mass is 408 g/mol. The van der Waals surface area contributed by atoms with Crippen molar-refractivity contribution in [3.05, 3.63) is 53.0 Å². The third-order valence-corrected chi connectivity index (χ3v) is 5.22. The summed E-state index contributed by atoms with van der Waals surface area (Å²) in [5, 5.41) is 14.3. The summed E-state index contributed by atoms with van der Waals surface area (Å²) in [5.74, 6) is 0.585. The molecule has 0 aliphatic heterocycles. The number of fused-ring (bicyclic) bond motifs is 3. The van der Waals surface area contributed by atoms with Crippen LogP contribution >= 0.6 is 15.9 Å². The Hall–Kier alpha value is -3.07. The fourth-order valence-corrected chi connectivity index (χ4v) is 3.57. The lowest BCUT2D eigenvalue weighted by Crippen LogP contribution is -1.98. The van der Waals surface area contributed by atoms with Gasteiger partial charge in [-0.05, 0) is 35.0 Å². The van der Waals surface area contributed by atoms with Gasteiger partial charge in [0.05, 0.1) is 27.4 Å². The number of halogens is 1. The molecule has 8 nitrogen and oxygen atoms in total. The van der Waals surface area contributed by atoms with E-state index in [1.807, 2.05) is 44.3 Å². The summed E-state index contributed by atoms with van der Waals surface area (Å²) in [6.07, 6.45) is 3.43. The maximum atomic E-state index is 4.72. The van der Waals surface area contributed by atoms with Crippen LogP contribution in [-0.2, 0) is 7.05 Å². The molecule has 4 aromatic heterocycles. The van der Waals surface area contributed by atoms with E-state index in [1.165, 1.54) is 0 Å². The summed E-state index contributed by atoms with van der Waals surface area (Å²) >= 11 is 3.57. The highest BCUT2D eigenvalue weighted by atomic mass is 79.9. The first-order valence-electron chi connectivity index (χ1n) is 7.97. The number of nitrogens with zero attached hydrogens (tertiary/aromatic N) is 8. The normalized spacial score (nSPS) is 11.7. The van der Waals surface area contributed by atoms with Crippen LogP contribution in [0.25, 0.3) is 33.9 Å². The van der Waals surface area contributed by atoms with E-state index in [1.54, 1.807) is 26.4 Å². The van der Waals surface area contributed by atoms with Gasteiger partial charge in [0.2, 0.25) is 5.82 Å². The molecule has 0 aliphatic rings.